The van der Waals surface area contributed by atoms with E-state index >= 15 is 0 Å². The number of rotatable bonds is 5. The summed E-state index contributed by atoms with van der Waals surface area (Å²) >= 11 is 0. The quantitative estimate of drug-likeness (QED) is 0.727. The third-order valence-electron chi connectivity index (χ3n) is 6.23. The van der Waals surface area contributed by atoms with Gasteiger partial charge in [0.15, 0.2) is 26.2 Å². The van der Waals surface area contributed by atoms with Gasteiger partial charge in [0.05, 0.1) is 0 Å². The third kappa shape index (κ3) is 3.52. The molecule has 3 saturated heterocycles. The van der Waals surface area contributed by atoms with Crippen LogP contribution in [-0.2, 0) is 23.4 Å². The van der Waals surface area contributed by atoms with Crippen LogP contribution in [0, 0.1) is 0 Å². The highest BCUT2D eigenvalue weighted by Gasteiger charge is 2.67. The van der Waals surface area contributed by atoms with Crippen molar-refractivity contribution < 1.29 is 28.5 Å². The standard InChI is InChI=1S/C19H36O6Si/c1-9-10-11-19(20)15(25-26(7,8)17(2,3)4)13-12(23-19)14-16(21-13)24-18(5,6)22-14/h12-16,20H,9-11H2,1-8H3/t12-,13-,14+,15-,16+,19?/m0/s1. The third-order valence-corrected chi connectivity index (χ3v) is 10.7. The Kier molecular flexibility index (Phi) is 5.18. The predicted octanol–water partition coefficient (Wildman–Crippen LogP) is 3.53. The average molecular weight is 389 g/mol. The van der Waals surface area contributed by atoms with E-state index in [4.69, 9.17) is 23.4 Å². The maximum Gasteiger partial charge on any atom is 0.194 e. The van der Waals surface area contributed by atoms with Crippen LogP contribution in [0.4, 0.5) is 0 Å². The lowest BCUT2D eigenvalue weighted by atomic mass is 10.00. The molecule has 3 fully saturated rings. The first-order valence-electron chi connectivity index (χ1n) is 9.89. The summed E-state index contributed by atoms with van der Waals surface area (Å²) in [4.78, 5) is 0. The van der Waals surface area contributed by atoms with E-state index in [0.717, 1.165) is 12.8 Å². The van der Waals surface area contributed by atoms with Crippen LogP contribution >= 0.6 is 0 Å². The largest absolute Gasteiger partial charge is 0.406 e. The summed E-state index contributed by atoms with van der Waals surface area (Å²) in [6, 6.07) is 0. The Morgan fingerprint density at radius 3 is 2.27 bits per heavy atom. The zero-order valence-electron chi connectivity index (χ0n) is 17.5. The molecule has 0 aromatic carbocycles. The van der Waals surface area contributed by atoms with Crippen LogP contribution in [0.5, 0.6) is 0 Å². The van der Waals surface area contributed by atoms with Crippen LogP contribution in [0.25, 0.3) is 0 Å². The van der Waals surface area contributed by atoms with Crippen molar-refractivity contribution in [3.63, 3.8) is 0 Å². The summed E-state index contributed by atoms with van der Waals surface area (Å²) in [6.07, 6.45) is 0.284. The molecule has 6 nitrogen and oxygen atoms in total. The molecule has 0 aromatic rings. The molecule has 26 heavy (non-hydrogen) atoms. The van der Waals surface area contributed by atoms with Crippen LogP contribution in [0.15, 0.2) is 0 Å². The molecule has 0 radical (unpaired) electrons. The highest BCUT2D eigenvalue weighted by atomic mass is 28.4. The lowest BCUT2D eigenvalue weighted by molar-refractivity contribution is -0.246. The Morgan fingerprint density at radius 2 is 1.69 bits per heavy atom. The van der Waals surface area contributed by atoms with E-state index in [9.17, 15) is 5.11 Å². The lowest BCUT2D eigenvalue weighted by Crippen LogP contribution is -2.54. The van der Waals surface area contributed by atoms with Gasteiger partial charge in [0.1, 0.15) is 24.4 Å². The zero-order valence-corrected chi connectivity index (χ0v) is 18.5. The fourth-order valence-corrected chi connectivity index (χ4v) is 5.03. The monoisotopic (exact) mass is 388 g/mol. The Hall–Kier alpha value is -0.0231. The molecule has 0 aromatic heterocycles. The molecule has 1 unspecified atom stereocenters. The van der Waals surface area contributed by atoms with Crippen molar-refractivity contribution in [3.05, 3.63) is 0 Å². The van der Waals surface area contributed by atoms with E-state index < -0.39 is 32.3 Å². The minimum atomic E-state index is -2.12. The highest BCUT2D eigenvalue weighted by molar-refractivity contribution is 6.74. The van der Waals surface area contributed by atoms with Gasteiger partial charge in [0.25, 0.3) is 0 Å². The van der Waals surface area contributed by atoms with E-state index in [-0.39, 0.29) is 23.4 Å². The van der Waals surface area contributed by atoms with Gasteiger partial charge in [0, 0.05) is 6.42 Å². The summed E-state index contributed by atoms with van der Waals surface area (Å²) < 4.78 is 30.8. The van der Waals surface area contributed by atoms with Gasteiger partial charge >= 0.3 is 0 Å². The summed E-state index contributed by atoms with van der Waals surface area (Å²) in [7, 11) is -2.12. The van der Waals surface area contributed by atoms with Crippen molar-refractivity contribution in [1.29, 1.82) is 0 Å². The molecular formula is C19H36O6Si. The number of aliphatic hydroxyl groups is 1. The van der Waals surface area contributed by atoms with Crippen LogP contribution < -0.4 is 0 Å². The molecule has 3 aliphatic rings. The van der Waals surface area contributed by atoms with E-state index in [0.29, 0.717) is 6.42 Å². The molecule has 0 aliphatic carbocycles. The van der Waals surface area contributed by atoms with E-state index in [1.807, 2.05) is 13.8 Å². The van der Waals surface area contributed by atoms with Crippen LogP contribution in [0.3, 0.4) is 0 Å². The molecule has 3 aliphatic heterocycles. The summed E-state index contributed by atoms with van der Waals surface area (Å²) in [6.45, 7) is 16.8. The van der Waals surface area contributed by atoms with Crippen molar-refractivity contribution in [2.24, 2.45) is 0 Å². The minimum Gasteiger partial charge on any atom is -0.406 e. The number of fused-ring (bicyclic) bond motifs is 3. The van der Waals surface area contributed by atoms with Crippen LogP contribution in [-0.4, -0.2) is 55.7 Å². The zero-order chi connectivity index (χ0) is 19.5. The van der Waals surface area contributed by atoms with Crippen molar-refractivity contribution in [2.75, 3.05) is 0 Å². The Balaban J connectivity index is 1.85. The van der Waals surface area contributed by atoms with Gasteiger partial charge in [0.2, 0.25) is 0 Å². The molecule has 0 saturated carbocycles. The van der Waals surface area contributed by atoms with Crippen LogP contribution in [0.1, 0.15) is 60.8 Å². The second-order valence-corrected chi connectivity index (χ2v) is 14.7. The Labute approximate surface area is 158 Å². The van der Waals surface area contributed by atoms with Crippen molar-refractivity contribution in [2.45, 2.75) is 121 Å². The highest BCUT2D eigenvalue weighted by Crippen LogP contribution is 2.50. The number of hydrogen-bond donors (Lipinski definition) is 1. The molecule has 3 heterocycles. The molecule has 152 valence electrons. The smallest absolute Gasteiger partial charge is 0.194 e. The van der Waals surface area contributed by atoms with Crippen molar-refractivity contribution >= 4 is 8.32 Å². The van der Waals surface area contributed by atoms with Gasteiger partial charge in [-0.3, -0.25) is 0 Å². The topological polar surface area (TPSA) is 66.4 Å². The molecule has 0 spiro atoms. The molecule has 1 N–H and O–H groups in total. The van der Waals surface area contributed by atoms with Crippen LogP contribution in [0.2, 0.25) is 18.1 Å². The molecule has 0 bridgehead atoms. The molecule has 6 atom stereocenters. The lowest BCUT2D eigenvalue weighted by Gasteiger charge is -2.42. The van der Waals surface area contributed by atoms with Crippen molar-refractivity contribution in [3.8, 4) is 0 Å². The number of unbranched alkanes of at least 4 members (excludes halogenated alkanes) is 1. The van der Waals surface area contributed by atoms with E-state index in [2.05, 4.69) is 40.8 Å². The maximum absolute atomic E-state index is 11.4. The summed E-state index contributed by atoms with van der Waals surface area (Å²) in [5, 5.41) is 11.4. The predicted molar refractivity (Wildman–Crippen MR) is 100 cm³/mol. The Morgan fingerprint density at radius 1 is 1.04 bits per heavy atom. The Bertz CT molecular complexity index is 531. The second kappa shape index (κ2) is 6.51. The summed E-state index contributed by atoms with van der Waals surface area (Å²) in [5.74, 6) is -2.05. The van der Waals surface area contributed by atoms with E-state index in [1.54, 1.807) is 0 Å². The van der Waals surface area contributed by atoms with Gasteiger partial charge in [-0.15, -0.1) is 0 Å². The number of ether oxygens (including phenoxy) is 4. The van der Waals surface area contributed by atoms with Crippen molar-refractivity contribution in [1.82, 2.24) is 0 Å². The van der Waals surface area contributed by atoms with Gasteiger partial charge in [-0.2, -0.15) is 0 Å². The van der Waals surface area contributed by atoms with Gasteiger partial charge in [-0.05, 0) is 38.4 Å². The first-order valence-corrected chi connectivity index (χ1v) is 12.8. The van der Waals surface area contributed by atoms with Gasteiger partial charge < -0.3 is 28.5 Å². The molecule has 7 heteroatoms. The van der Waals surface area contributed by atoms with Gasteiger partial charge in [-0.25, -0.2) is 0 Å². The van der Waals surface area contributed by atoms with E-state index in [1.165, 1.54) is 0 Å². The first kappa shape index (κ1) is 20.7. The molecular weight excluding hydrogens is 352 g/mol. The summed E-state index contributed by atoms with van der Waals surface area (Å²) in [5.41, 5.74) is 0. The average Bonchev–Trinajstić information content (AvgIpc) is 3.03. The maximum atomic E-state index is 11.4. The number of hydrogen-bond acceptors (Lipinski definition) is 6. The SMILES string of the molecule is CCCCC1(O)O[C@@H]2[C@H]3OC(C)(C)O[C@H]3O[C@@H]2[C@@H]1O[Si](C)(C)C(C)(C)C. The van der Waals surface area contributed by atoms with Gasteiger partial charge in [-0.1, -0.05) is 34.1 Å². The molecule has 0 amide bonds. The first-order chi connectivity index (χ1) is 11.8. The fraction of sp³-hybridized carbons (Fsp3) is 1.00. The minimum absolute atomic E-state index is 0.0280. The second-order valence-electron chi connectivity index (χ2n) is 9.90. The normalized spacial score (nSPS) is 42.1. The fourth-order valence-electron chi connectivity index (χ4n) is 3.73. The molecule has 3 rings (SSSR count).